The van der Waals surface area contributed by atoms with Gasteiger partial charge in [0.15, 0.2) is 0 Å². The number of likely N-dealkylation sites (tertiary alicyclic amines) is 1. The molecule has 3 heterocycles. The molecule has 3 fully saturated rings. The molecule has 2 aromatic carbocycles. The van der Waals surface area contributed by atoms with Crippen molar-refractivity contribution >= 4 is 46.7 Å². The number of hydrogen-bond donors (Lipinski definition) is 1. The van der Waals surface area contributed by atoms with Gasteiger partial charge in [0.05, 0.1) is 0 Å². The third kappa shape index (κ3) is 4.90. The first-order valence-electron chi connectivity index (χ1n) is 14.5. The second-order valence-electron chi connectivity index (χ2n) is 12.3. The lowest BCUT2D eigenvalue weighted by Gasteiger charge is -2.48. The Kier molecular flexibility index (Phi) is 6.80. The van der Waals surface area contributed by atoms with Crippen molar-refractivity contribution < 1.29 is 14.4 Å². The Balaban J connectivity index is 0.984. The van der Waals surface area contributed by atoms with E-state index in [1.165, 1.54) is 49.0 Å². The van der Waals surface area contributed by atoms with Gasteiger partial charge < -0.3 is 4.90 Å². The molecule has 2 saturated heterocycles. The molecule has 2 aromatic rings. The van der Waals surface area contributed by atoms with Crippen molar-refractivity contribution in [1.29, 1.82) is 0 Å². The minimum Gasteiger partial charge on any atom is -0.322 e. The third-order valence-electron chi connectivity index (χ3n) is 9.68. The highest BCUT2D eigenvalue weighted by Gasteiger charge is 2.42. The maximum atomic E-state index is 13.0. The number of thioether (sulfide) groups is 1. The number of allylic oxidation sites excluding steroid dienone is 1. The average Bonchev–Trinajstić information content (AvgIpc) is 3.22. The van der Waals surface area contributed by atoms with Crippen molar-refractivity contribution in [2.45, 2.75) is 74.1 Å². The van der Waals surface area contributed by atoms with Crippen LogP contribution in [-0.4, -0.2) is 58.4 Å². The number of hydrogen-bond acceptors (Lipinski definition) is 5. The number of carbonyl (C=O) groups is 3. The van der Waals surface area contributed by atoms with Crippen molar-refractivity contribution in [1.82, 2.24) is 15.1 Å². The Morgan fingerprint density at radius 3 is 2.52 bits per heavy atom. The van der Waals surface area contributed by atoms with Crippen LogP contribution in [0.15, 0.2) is 52.9 Å². The highest BCUT2D eigenvalue weighted by atomic mass is 35.5. The normalized spacial score (nSPS) is 24.7. The van der Waals surface area contributed by atoms with E-state index in [0.717, 1.165) is 30.2 Å². The van der Waals surface area contributed by atoms with E-state index < -0.39 is 6.04 Å². The van der Waals surface area contributed by atoms with Gasteiger partial charge in [-0.25, -0.2) is 0 Å². The molecule has 6 nitrogen and oxygen atoms in total. The molecule has 0 radical (unpaired) electrons. The Morgan fingerprint density at radius 1 is 1.00 bits per heavy atom. The zero-order chi connectivity index (χ0) is 27.4. The van der Waals surface area contributed by atoms with E-state index in [2.05, 4.69) is 28.4 Å². The number of halogens is 1. The van der Waals surface area contributed by atoms with Gasteiger partial charge in [0.25, 0.3) is 5.91 Å². The number of carbonyl (C=O) groups excluding carboxylic acids is 3. The molecule has 8 heteroatoms. The highest BCUT2D eigenvalue weighted by Crippen LogP contribution is 2.55. The summed E-state index contributed by atoms with van der Waals surface area (Å²) in [6.45, 7) is 3.59. The van der Waals surface area contributed by atoms with Crippen LogP contribution in [0.25, 0.3) is 5.57 Å². The first-order chi connectivity index (χ1) is 19.4. The van der Waals surface area contributed by atoms with Crippen LogP contribution in [-0.2, 0) is 16.1 Å². The van der Waals surface area contributed by atoms with Crippen LogP contribution >= 0.6 is 23.4 Å². The molecule has 1 N–H and O–H groups in total. The van der Waals surface area contributed by atoms with Gasteiger partial charge in [-0.05, 0) is 91.0 Å². The van der Waals surface area contributed by atoms with Gasteiger partial charge in [-0.15, -0.1) is 11.8 Å². The molecule has 1 unspecified atom stereocenters. The first-order valence-corrected chi connectivity index (χ1v) is 15.8. The SMILES string of the molecule is O=C1CCC(N2Cc3cc(SC4CN(CC5=C(c6ccc(Cl)cc6)CC6(CCC6)CC5)C4)ccc3C2=O)C(=O)N1. The Bertz CT molecular complexity index is 1410. The van der Waals surface area contributed by atoms with E-state index in [0.29, 0.717) is 29.2 Å². The molecule has 1 spiro atoms. The molecule has 5 aliphatic rings. The number of fused-ring (bicyclic) bond motifs is 1. The minimum absolute atomic E-state index is 0.114. The lowest BCUT2D eigenvalue weighted by atomic mass is 9.59. The summed E-state index contributed by atoms with van der Waals surface area (Å²) in [5, 5.41) is 3.70. The summed E-state index contributed by atoms with van der Waals surface area (Å²) in [5.74, 6) is -0.740. The predicted octanol–water partition coefficient (Wildman–Crippen LogP) is 5.69. The number of rotatable bonds is 6. The molecular weight excluding hydrogens is 542 g/mol. The molecule has 2 aliphatic carbocycles. The van der Waals surface area contributed by atoms with Crippen molar-refractivity contribution in [2.24, 2.45) is 5.41 Å². The smallest absolute Gasteiger partial charge is 0.255 e. The predicted molar refractivity (Wildman–Crippen MR) is 157 cm³/mol. The lowest BCUT2D eigenvalue weighted by Crippen LogP contribution is -2.52. The zero-order valence-corrected chi connectivity index (χ0v) is 24.2. The van der Waals surface area contributed by atoms with E-state index in [-0.39, 0.29) is 24.1 Å². The summed E-state index contributed by atoms with van der Waals surface area (Å²) in [6, 6.07) is 13.9. The van der Waals surface area contributed by atoms with Gasteiger partial charge in [0.2, 0.25) is 11.8 Å². The fourth-order valence-electron chi connectivity index (χ4n) is 7.20. The van der Waals surface area contributed by atoms with Crippen LogP contribution in [0, 0.1) is 5.41 Å². The summed E-state index contributed by atoms with van der Waals surface area (Å²) in [6.07, 6.45) is 8.52. The Hall–Kier alpha value is -2.61. The molecule has 1 atom stereocenters. The summed E-state index contributed by atoms with van der Waals surface area (Å²) in [5.41, 5.74) is 6.69. The largest absolute Gasteiger partial charge is 0.322 e. The second kappa shape index (κ2) is 10.3. The van der Waals surface area contributed by atoms with Crippen molar-refractivity contribution in [3.05, 3.63) is 69.8 Å². The van der Waals surface area contributed by atoms with E-state index in [1.807, 2.05) is 36.0 Å². The molecule has 0 aromatic heterocycles. The van der Waals surface area contributed by atoms with Gasteiger partial charge in [-0.3, -0.25) is 24.6 Å². The fraction of sp³-hybridized carbons (Fsp3) is 0.469. The van der Waals surface area contributed by atoms with Crippen LogP contribution in [0.3, 0.4) is 0 Å². The topological polar surface area (TPSA) is 69.7 Å². The van der Waals surface area contributed by atoms with Crippen LogP contribution < -0.4 is 5.32 Å². The van der Waals surface area contributed by atoms with E-state index in [1.54, 1.807) is 16.0 Å². The second-order valence-corrected chi connectivity index (χ2v) is 14.1. The van der Waals surface area contributed by atoms with Gasteiger partial charge in [0, 0.05) is 53.3 Å². The molecule has 208 valence electrons. The molecule has 3 amide bonds. The molecule has 1 saturated carbocycles. The Labute approximate surface area is 244 Å². The monoisotopic (exact) mass is 575 g/mol. The standard InChI is InChI=1S/C32H34ClN3O3S/c33-23-4-2-20(3-5-23)27-15-32(11-1-12-32)13-10-21(27)16-35-18-25(19-35)40-24-6-7-26-22(14-24)17-36(31(26)39)28-8-9-29(37)34-30(28)38/h2-7,14,25,28H,1,8-13,15-19H2,(H,34,37,38). The molecule has 7 rings (SSSR count). The van der Waals surface area contributed by atoms with Crippen LogP contribution in [0.4, 0.5) is 0 Å². The first kappa shape index (κ1) is 26.3. The molecule has 0 bridgehead atoms. The quantitative estimate of drug-likeness (QED) is 0.449. The summed E-state index contributed by atoms with van der Waals surface area (Å²) < 4.78 is 0. The maximum absolute atomic E-state index is 13.0. The number of piperidine rings is 1. The number of amides is 3. The third-order valence-corrected chi connectivity index (χ3v) is 11.1. The van der Waals surface area contributed by atoms with E-state index >= 15 is 0 Å². The lowest BCUT2D eigenvalue weighted by molar-refractivity contribution is -0.136. The van der Waals surface area contributed by atoms with Gasteiger partial charge in [-0.2, -0.15) is 0 Å². The molecule has 40 heavy (non-hydrogen) atoms. The fourth-order valence-corrected chi connectivity index (χ4v) is 8.64. The number of nitrogens with zero attached hydrogens (tertiary/aromatic N) is 2. The maximum Gasteiger partial charge on any atom is 0.255 e. The van der Waals surface area contributed by atoms with Crippen molar-refractivity contribution in [2.75, 3.05) is 19.6 Å². The summed E-state index contributed by atoms with van der Waals surface area (Å²) >= 11 is 8.08. The van der Waals surface area contributed by atoms with Crippen LogP contribution in [0.5, 0.6) is 0 Å². The van der Waals surface area contributed by atoms with E-state index in [9.17, 15) is 14.4 Å². The summed E-state index contributed by atoms with van der Waals surface area (Å²) in [4.78, 5) is 42.2. The van der Waals surface area contributed by atoms with Crippen LogP contribution in [0.1, 0.15) is 72.9 Å². The zero-order valence-electron chi connectivity index (χ0n) is 22.6. The number of imide groups is 1. The number of nitrogens with one attached hydrogen (secondary N) is 1. The Morgan fingerprint density at radius 2 is 1.80 bits per heavy atom. The van der Waals surface area contributed by atoms with Crippen molar-refractivity contribution in [3.8, 4) is 0 Å². The highest BCUT2D eigenvalue weighted by molar-refractivity contribution is 8.00. The number of benzene rings is 2. The minimum atomic E-state index is -0.570. The van der Waals surface area contributed by atoms with Gasteiger partial charge in [0.1, 0.15) is 6.04 Å². The van der Waals surface area contributed by atoms with Crippen LogP contribution in [0.2, 0.25) is 5.02 Å². The van der Waals surface area contributed by atoms with E-state index in [4.69, 9.17) is 11.6 Å². The summed E-state index contributed by atoms with van der Waals surface area (Å²) in [7, 11) is 0. The van der Waals surface area contributed by atoms with Crippen molar-refractivity contribution in [3.63, 3.8) is 0 Å². The average molecular weight is 576 g/mol. The molecule has 3 aliphatic heterocycles. The van der Waals surface area contributed by atoms with Gasteiger partial charge in [-0.1, -0.05) is 35.7 Å². The van der Waals surface area contributed by atoms with Gasteiger partial charge >= 0.3 is 0 Å². The molecular formula is C32H34ClN3O3S.